The summed E-state index contributed by atoms with van der Waals surface area (Å²) in [7, 11) is 2.13. The highest BCUT2D eigenvalue weighted by Gasteiger charge is 2.07. The van der Waals surface area contributed by atoms with E-state index in [1.165, 1.54) is 11.1 Å². The van der Waals surface area contributed by atoms with Crippen LogP contribution in [0.3, 0.4) is 0 Å². The van der Waals surface area contributed by atoms with E-state index in [-0.39, 0.29) is 6.04 Å². The first-order chi connectivity index (χ1) is 9.74. The number of benzene rings is 1. The molecule has 2 N–H and O–H groups in total. The van der Waals surface area contributed by atoms with Gasteiger partial charge in [0.25, 0.3) is 0 Å². The molecule has 1 aromatic heterocycles. The predicted octanol–water partition coefficient (Wildman–Crippen LogP) is 2.13. The molecule has 0 fully saturated rings. The van der Waals surface area contributed by atoms with E-state index in [4.69, 9.17) is 5.73 Å². The maximum absolute atomic E-state index is 6.22. The quantitative estimate of drug-likeness (QED) is 0.837. The molecule has 3 nitrogen and oxygen atoms in total. The molecular formula is C17H23N3. The summed E-state index contributed by atoms with van der Waals surface area (Å²) in [5.74, 6) is 0. The topological polar surface area (TPSA) is 42.2 Å². The maximum atomic E-state index is 6.22. The molecule has 3 heteroatoms. The number of likely N-dealkylation sites (N-methyl/N-ethyl adjacent to an activating group) is 1. The van der Waals surface area contributed by atoms with Crippen LogP contribution < -0.4 is 5.73 Å². The third kappa shape index (κ3) is 5.11. The molecule has 2 aromatic rings. The van der Waals surface area contributed by atoms with Crippen molar-refractivity contribution in [3.63, 3.8) is 0 Å². The molecule has 20 heavy (non-hydrogen) atoms. The standard InChI is InChI=1S/C17H23N3/c1-20(12-9-15-7-10-19-11-8-15)14-17(18)13-16-5-3-2-4-6-16/h2-8,10-11,17H,9,12-14,18H2,1H3. The Morgan fingerprint density at radius 2 is 1.75 bits per heavy atom. The molecule has 1 unspecified atom stereocenters. The summed E-state index contributed by atoms with van der Waals surface area (Å²) in [4.78, 5) is 6.33. The van der Waals surface area contributed by atoms with E-state index in [1.54, 1.807) is 0 Å². The minimum Gasteiger partial charge on any atom is -0.326 e. The van der Waals surface area contributed by atoms with Crippen molar-refractivity contribution in [1.82, 2.24) is 9.88 Å². The summed E-state index contributed by atoms with van der Waals surface area (Å²) >= 11 is 0. The Balaban J connectivity index is 1.72. The highest BCUT2D eigenvalue weighted by Crippen LogP contribution is 2.04. The zero-order valence-electron chi connectivity index (χ0n) is 12.1. The highest BCUT2D eigenvalue weighted by molar-refractivity contribution is 5.16. The number of aromatic nitrogens is 1. The van der Waals surface area contributed by atoms with Gasteiger partial charge >= 0.3 is 0 Å². The number of pyridine rings is 1. The lowest BCUT2D eigenvalue weighted by Crippen LogP contribution is -2.37. The molecule has 1 aromatic carbocycles. The Kier molecular flexibility index (Phi) is 5.71. The molecule has 0 amide bonds. The summed E-state index contributed by atoms with van der Waals surface area (Å²) in [5, 5.41) is 0. The van der Waals surface area contributed by atoms with Gasteiger partial charge in [0.2, 0.25) is 0 Å². The normalized spacial score (nSPS) is 12.6. The monoisotopic (exact) mass is 269 g/mol. The number of nitrogens with zero attached hydrogens (tertiary/aromatic N) is 2. The number of nitrogens with two attached hydrogens (primary N) is 1. The fraction of sp³-hybridized carbons (Fsp3) is 0.353. The number of hydrogen-bond donors (Lipinski definition) is 1. The van der Waals surface area contributed by atoms with Gasteiger partial charge in [0.15, 0.2) is 0 Å². The average molecular weight is 269 g/mol. The zero-order valence-corrected chi connectivity index (χ0v) is 12.1. The first-order valence-corrected chi connectivity index (χ1v) is 7.11. The van der Waals surface area contributed by atoms with Crippen LogP contribution in [0, 0.1) is 0 Å². The Hall–Kier alpha value is -1.71. The molecule has 1 atom stereocenters. The summed E-state index contributed by atoms with van der Waals surface area (Å²) in [6.07, 6.45) is 5.66. The van der Waals surface area contributed by atoms with Crippen molar-refractivity contribution in [2.75, 3.05) is 20.1 Å². The van der Waals surface area contributed by atoms with Crippen LogP contribution in [0.25, 0.3) is 0 Å². The van der Waals surface area contributed by atoms with Crippen molar-refractivity contribution in [2.45, 2.75) is 18.9 Å². The summed E-state index contributed by atoms with van der Waals surface area (Å²) in [6, 6.07) is 14.8. The first kappa shape index (κ1) is 14.7. The van der Waals surface area contributed by atoms with Crippen LogP contribution in [-0.2, 0) is 12.8 Å². The molecule has 0 aliphatic carbocycles. The van der Waals surface area contributed by atoms with Crippen molar-refractivity contribution >= 4 is 0 Å². The second-order valence-electron chi connectivity index (χ2n) is 5.32. The lowest BCUT2D eigenvalue weighted by molar-refractivity contribution is 0.313. The Labute approximate surface area is 121 Å². The number of rotatable bonds is 7. The van der Waals surface area contributed by atoms with Gasteiger partial charge < -0.3 is 10.6 Å². The van der Waals surface area contributed by atoms with Gasteiger partial charge in [-0.2, -0.15) is 0 Å². The van der Waals surface area contributed by atoms with Gasteiger partial charge in [-0.25, -0.2) is 0 Å². The molecule has 0 aliphatic heterocycles. The van der Waals surface area contributed by atoms with E-state index in [2.05, 4.69) is 53.3 Å². The lowest BCUT2D eigenvalue weighted by Gasteiger charge is -2.21. The maximum Gasteiger partial charge on any atom is 0.0270 e. The van der Waals surface area contributed by atoms with Crippen LogP contribution >= 0.6 is 0 Å². The lowest BCUT2D eigenvalue weighted by atomic mass is 10.1. The Morgan fingerprint density at radius 3 is 2.45 bits per heavy atom. The first-order valence-electron chi connectivity index (χ1n) is 7.11. The zero-order chi connectivity index (χ0) is 14.2. The minimum atomic E-state index is 0.180. The second kappa shape index (κ2) is 7.78. The number of hydrogen-bond acceptors (Lipinski definition) is 3. The predicted molar refractivity (Wildman–Crippen MR) is 83.6 cm³/mol. The molecule has 0 saturated heterocycles. The SMILES string of the molecule is CN(CCc1ccncc1)CC(N)Cc1ccccc1. The fourth-order valence-electron chi connectivity index (χ4n) is 2.34. The molecule has 0 aliphatic rings. The van der Waals surface area contributed by atoms with Gasteiger partial charge in [0.05, 0.1) is 0 Å². The van der Waals surface area contributed by atoms with Crippen molar-refractivity contribution in [1.29, 1.82) is 0 Å². The van der Waals surface area contributed by atoms with E-state index in [9.17, 15) is 0 Å². The molecule has 0 spiro atoms. The smallest absolute Gasteiger partial charge is 0.0270 e. The second-order valence-corrected chi connectivity index (χ2v) is 5.32. The van der Waals surface area contributed by atoms with E-state index >= 15 is 0 Å². The van der Waals surface area contributed by atoms with Crippen molar-refractivity contribution in [3.8, 4) is 0 Å². The molecular weight excluding hydrogens is 246 g/mol. The van der Waals surface area contributed by atoms with Crippen LogP contribution in [0.5, 0.6) is 0 Å². The molecule has 1 heterocycles. The highest BCUT2D eigenvalue weighted by atomic mass is 15.1. The van der Waals surface area contributed by atoms with Crippen molar-refractivity contribution in [3.05, 3.63) is 66.0 Å². The average Bonchev–Trinajstić information content (AvgIpc) is 2.47. The van der Waals surface area contributed by atoms with Crippen LogP contribution in [0.1, 0.15) is 11.1 Å². The summed E-state index contributed by atoms with van der Waals surface area (Å²) in [6.45, 7) is 1.94. The van der Waals surface area contributed by atoms with Gasteiger partial charge in [-0.1, -0.05) is 30.3 Å². The van der Waals surface area contributed by atoms with Gasteiger partial charge in [-0.05, 0) is 43.1 Å². The largest absolute Gasteiger partial charge is 0.326 e. The van der Waals surface area contributed by atoms with Gasteiger partial charge in [0, 0.05) is 31.5 Å². The fourth-order valence-corrected chi connectivity index (χ4v) is 2.34. The van der Waals surface area contributed by atoms with Crippen LogP contribution in [0.4, 0.5) is 0 Å². The van der Waals surface area contributed by atoms with Gasteiger partial charge in [-0.15, -0.1) is 0 Å². The van der Waals surface area contributed by atoms with E-state index in [0.717, 1.165) is 25.9 Å². The Morgan fingerprint density at radius 1 is 1.05 bits per heavy atom. The summed E-state index contributed by atoms with van der Waals surface area (Å²) in [5.41, 5.74) is 8.85. The third-order valence-corrected chi connectivity index (χ3v) is 3.42. The van der Waals surface area contributed by atoms with E-state index < -0.39 is 0 Å². The van der Waals surface area contributed by atoms with Crippen LogP contribution in [-0.4, -0.2) is 36.1 Å². The molecule has 0 radical (unpaired) electrons. The molecule has 0 saturated carbocycles. The summed E-state index contributed by atoms with van der Waals surface area (Å²) < 4.78 is 0. The molecule has 2 rings (SSSR count). The van der Waals surface area contributed by atoms with Crippen LogP contribution in [0.15, 0.2) is 54.9 Å². The molecule has 0 bridgehead atoms. The van der Waals surface area contributed by atoms with Crippen molar-refractivity contribution < 1.29 is 0 Å². The molecule has 106 valence electrons. The van der Waals surface area contributed by atoms with Gasteiger partial charge in [0.1, 0.15) is 0 Å². The van der Waals surface area contributed by atoms with E-state index in [1.807, 2.05) is 18.5 Å². The van der Waals surface area contributed by atoms with Gasteiger partial charge in [-0.3, -0.25) is 4.98 Å². The van der Waals surface area contributed by atoms with Crippen LogP contribution in [0.2, 0.25) is 0 Å². The Bertz CT molecular complexity index is 484. The van der Waals surface area contributed by atoms with Crippen molar-refractivity contribution in [2.24, 2.45) is 5.73 Å². The van der Waals surface area contributed by atoms with E-state index in [0.29, 0.717) is 0 Å². The minimum absolute atomic E-state index is 0.180. The third-order valence-electron chi connectivity index (χ3n) is 3.42.